The van der Waals surface area contributed by atoms with Crippen LogP contribution in [-0.2, 0) is 6.54 Å². The zero-order chi connectivity index (χ0) is 11.5. The molecule has 0 amide bonds. The number of hydrogen-bond donors (Lipinski definition) is 1. The Balaban J connectivity index is 2.37. The molecule has 2 nitrogen and oxygen atoms in total. The summed E-state index contributed by atoms with van der Waals surface area (Å²) in [6.07, 6.45) is 2.27. The lowest BCUT2D eigenvalue weighted by atomic mass is 10.1. The Morgan fingerprint density at radius 1 is 1.00 bits per heavy atom. The summed E-state index contributed by atoms with van der Waals surface area (Å²) in [4.78, 5) is 0. The van der Waals surface area contributed by atoms with Gasteiger partial charge in [0, 0.05) is 28.7 Å². The lowest BCUT2D eigenvalue weighted by molar-refractivity contribution is 0.598. The molecule has 16 heavy (non-hydrogen) atoms. The Hall–Kier alpha value is -1.28. The van der Waals surface area contributed by atoms with Crippen LogP contribution in [0, 0.1) is 13.8 Å². The number of rotatable bonds is 4. The number of benzene rings is 1. The minimum Gasteiger partial charge on any atom is -0.348 e. The molecular weight excluding hydrogens is 196 g/mol. The van der Waals surface area contributed by atoms with E-state index in [9.17, 15) is 0 Å². The van der Waals surface area contributed by atoms with E-state index in [1.165, 1.54) is 28.6 Å². The Morgan fingerprint density at radius 3 is 2.06 bits per heavy atom. The lowest BCUT2D eigenvalue weighted by Gasteiger charge is -2.08. The lowest BCUT2D eigenvalue weighted by Crippen LogP contribution is -2.05. The van der Waals surface area contributed by atoms with Crippen LogP contribution in [0.5, 0.6) is 0 Å². The number of hydrogen-bond acceptors (Lipinski definition) is 1. The Bertz CT molecular complexity index is 444. The molecule has 0 unspecified atom stereocenters. The number of nitrogens with two attached hydrogens (primary N) is 1. The van der Waals surface area contributed by atoms with Gasteiger partial charge in [-0.05, 0) is 33.2 Å². The third-order valence-corrected chi connectivity index (χ3v) is 3.35. The predicted molar refractivity (Wildman–Crippen MR) is 69.7 cm³/mol. The molecular formula is C14H20N2. The molecule has 0 aliphatic carbocycles. The molecule has 0 atom stereocenters. The van der Waals surface area contributed by atoms with Crippen molar-refractivity contribution in [1.29, 1.82) is 0 Å². The first-order chi connectivity index (χ1) is 7.75. The molecule has 86 valence electrons. The number of fused-ring (bicyclic) bond motifs is 1. The van der Waals surface area contributed by atoms with Gasteiger partial charge in [-0.15, -0.1) is 0 Å². The van der Waals surface area contributed by atoms with E-state index in [1.54, 1.807) is 0 Å². The fourth-order valence-corrected chi connectivity index (χ4v) is 2.41. The first kappa shape index (κ1) is 11.2. The molecule has 0 bridgehead atoms. The fraction of sp³-hybridized carbons (Fsp3) is 0.429. The highest BCUT2D eigenvalue weighted by atomic mass is 15.0. The Morgan fingerprint density at radius 2 is 1.56 bits per heavy atom. The van der Waals surface area contributed by atoms with E-state index in [2.05, 4.69) is 42.7 Å². The molecule has 2 heteroatoms. The molecule has 0 saturated heterocycles. The molecule has 1 heterocycles. The molecule has 0 radical (unpaired) electrons. The van der Waals surface area contributed by atoms with Crippen molar-refractivity contribution in [2.45, 2.75) is 33.2 Å². The van der Waals surface area contributed by atoms with Crippen LogP contribution in [0.1, 0.15) is 24.2 Å². The highest BCUT2D eigenvalue weighted by molar-refractivity contribution is 5.88. The molecule has 0 spiro atoms. The maximum absolute atomic E-state index is 5.53. The van der Waals surface area contributed by atoms with E-state index < -0.39 is 0 Å². The summed E-state index contributed by atoms with van der Waals surface area (Å²) in [5, 5.41) is 2.76. The van der Waals surface area contributed by atoms with E-state index in [4.69, 9.17) is 5.73 Å². The van der Waals surface area contributed by atoms with Gasteiger partial charge in [0.2, 0.25) is 0 Å². The summed E-state index contributed by atoms with van der Waals surface area (Å²) in [5.41, 5.74) is 8.29. The molecule has 0 saturated carbocycles. The highest BCUT2D eigenvalue weighted by Gasteiger charge is 2.08. The Labute approximate surface area is 97.1 Å². The standard InChI is InChI=1S/C14H20N2/c1-11-13-7-3-4-8-14(13)12(2)16(11)10-6-5-9-15/h3-4,7-8H,5-6,9-10,15H2,1-2H3. The maximum Gasteiger partial charge on any atom is 0.0225 e. The van der Waals surface area contributed by atoms with Gasteiger partial charge in [-0.3, -0.25) is 0 Å². The maximum atomic E-state index is 5.53. The van der Waals surface area contributed by atoms with Crippen LogP contribution < -0.4 is 5.73 Å². The largest absolute Gasteiger partial charge is 0.348 e. The van der Waals surface area contributed by atoms with Crippen molar-refractivity contribution in [3.8, 4) is 0 Å². The minimum atomic E-state index is 0.791. The number of aromatic nitrogens is 1. The van der Waals surface area contributed by atoms with E-state index in [1.807, 2.05) is 0 Å². The number of nitrogens with zero attached hydrogens (tertiary/aromatic N) is 1. The van der Waals surface area contributed by atoms with Crippen molar-refractivity contribution in [3.05, 3.63) is 35.7 Å². The first-order valence-corrected chi connectivity index (χ1v) is 6.00. The second-order valence-electron chi connectivity index (χ2n) is 4.36. The molecule has 2 rings (SSSR count). The summed E-state index contributed by atoms with van der Waals surface area (Å²) in [5.74, 6) is 0. The van der Waals surface area contributed by atoms with Crippen molar-refractivity contribution in [3.63, 3.8) is 0 Å². The average Bonchev–Trinajstić information content (AvgIpc) is 2.55. The van der Waals surface area contributed by atoms with Crippen LogP contribution in [0.15, 0.2) is 24.3 Å². The monoisotopic (exact) mass is 216 g/mol. The topological polar surface area (TPSA) is 30.9 Å². The van der Waals surface area contributed by atoms with Crippen LogP contribution in [0.4, 0.5) is 0 Å². The third kappa shape index (κ3) is 1.85. The van der Waals surface area contributed by atoms with Gasteiger partial charge in [0.1, 0.15) is 0 Å². The van der Waals surface area contributed by atoms with E-state index in [-0.39, 0.29) is 0 Å². The minimum absolute atomic E-state index is 0.791. The van der Waals surface area contributed by atoms with Crippen LogP contribution >= 0.6 is 0 Å². The third-order valence-electron chi connectivity index (χ3n) is 3.35. The Kier molecular flexibility index (Phi) is 3.30. The molecule has 1 aromatic carbocycles. The summed E-state index contributed by atoms with van der Waals surface area (Å²) in [6, 6.07) is 8.63. The number of aryl methyl sites for hydroxylation is 2. The van der Waals surface area contributed by atoms with Gasteiger partial charge in [-0.25, -0.2) is 0 Å². The predicted octanol–water partition coefficient (Wildman–Crippen LogP) is 3.00. The quantitative estimate of drug-likeness (QED) is 0.783. The zero-order valence-electron chi connectivity index (χ0n) is 10.2. The van der Waals surface area contributed by atoms with Crippen molar-refractivity contribution < 1.29 is 0 Å². The molecule has 0 fully saturated rings. The average molecular weight is 216 g/mol. The van der Waals surface area contributed by atoms with Crippen LogP contribution in [-0.4, -0.2) is 11.1 Å². The summed E-state index contributed by atoms with van der Waals surface area (Å²) >= 11 is 0. The normalized spacial score (nSPS) is 11.2. The molecule has 0 aliphatic rings. The molecule has 0 aliphatic heterocycles. The van der Waals surface area contributed by atoms with Gasteiger partial charge in [0.05, 0.1) is 0 Å². The van der Waals surface area contributed by atoms with Gasteiger partial charge >= 0.3 is 0 Å². The van der Waals surface area contributed by atoms with Crippen LogP contribution in [0.25, 0.3) is 10.8 Å². The second-order valence-corrected chi connectivity index (χ2v) is 4.36. The summed E-state index contributed by atoms with van der Waals surface area (Å²) < 4.78 is 2.42. The SMILES string of the molecule is Cc1c2ccccc2c(C)n1CCCCN. The van der Waals surface area contributed by atoms with Gasteiger partial charge in [-0.2, -0.15) is 0 Å². The smallest absolute Gasteiger partial charge is 0.0225 e. The van der Waals surface area contributed by atoms with E-state index >= 15 is 0 Å². The highest BCUT2D eigenvalue weighted by Crippen LogP contribution is 2.25. The summed E-state index contributed by atoms with van der Waals surface area (Å²) in [7, 11) is 0. The molecule has 1 aromatic heterocycles. The second kappa shape index (κ2) is 4.71. The van der Waals surface area contributed by atoms with Gasteiger partial charge in [-0.1, -0.05) is 24.3 Å². The van der Waals surface area contributed by atoms with Crippen molar-refractivity contribution >= 4 is 10.8 Å². The van der Waals surface area contributed by atoms with Crippen LogP contribution in [0.3, 0.4) is 0 Å². The van der Waals surface area contributed by atoms with Crippen LogP contribution in [0.2, 0.25) is 0 Å². The number of unbranched alkanes of at least 4 members (excludes halogenated alkanes) is 1. The molecule has 2 N–H and O–H groups in total. The van der Waals surface area contributed by atoms with Crippen molar-refractivity contribution in [2.24, 2.45) is 5.73 Å². The van der Waals surface area contributed by atoms with E-state index in [0.717, 1.165) is 19.5 Å². The van der Waals surface area contributed by atoms with Gasteiger partial charge in [0.25, 0.3) is 0 Å². The summed E-state index contributed by atoms with van der Waals surface area (Å²) in [6.45, 7) is 6.29. The van der Waals surface area contributed by atoms with Gasteiger partial charge in [0.15, 0.2) is 0 Å². The van der Waals surface area contributed by atoms with Crippen molar-refractivity contribution in [1.82, 2.24) is 4.57 Å². The zero-order valence-corrected chi connectivity index (χ0v) is 10.2. The first-order valence-electron chi connectivity index (χ1n) is 6.00. The molecule has 2 aromatic rings. The fourth-order valence-electron chi connectivity index (χ4n) is 2.41. The van der Waals surface area contributed by atoms with Gasteiger partial charge < -0.3 is 10.3 Å². The van der Waals surface area contributed by atoms with Crippen molar-refractivity contribution in [2.75, 3.05) is 6.54 Å². The van der Waals surface area contributed by atoms with E-state index in [0.29, 0.717) is 0 Å².